The monoisotopic (exact) mass is 285 g/mol. The Kier molecular flexibility index (Phi) is 4.18. The van der Waals surface area contributed by atoms with E-state index in [1.54, 1.807) is 0 Å². The number of rotatable bonds is 5. The molecule has 1 heterocycles. The first-order valence-electron chi connectivity index (χ1n) is 8.12. The van der Waals surface area contributed by atoms with E-state index in [1.807, 2.05) is 0 Å². The molecule has 0 radical (unpaired) electrons. The average Bonchev–Trinajstić information content (AvgIpc) is 3.17. The first-order chi connectivity index (χ1) is 9.17. The normalized spacial score (nSPS) is 33.4. The fraction of sp³-hybridized carbons (Fsp3) is 1.00. The first kappa shape index (κ1) is 13.9. The fourth-order valence-electron chi connectivity index (χ4n) is 4.02. The van der Waals surface area contributed by atoms with Gasteiger partial charge >= 0.3 is 0 Å². The largest absolute Gasteiger partial charge is 0.312 e. The molecule has 1 N–H and O–H groups in total. The summed E-state index contributed by atoms with van der Waals surface area (Å²) in [6, 6.07) is 0.608. The Labute approximate surface area is 117 Å². The van der Waals surface area contributed by atoms with Crippen LogP contribution in [0.3, 0.4) is 0 Å². The Hall–Kier alpha value is -0.0900. The molecule has 3 fully saturated rings. The van der Waals surface area contributed by atoms with Crippen molar-refractivity contribution in [1.82, 2.24) is 5.32 Å². The van der Waals surface area contributed by atoms with Crippen molar-refractivity contribution < 1.29 is 8.42 Å². The second kappa shape index (κ2) is 5.72. The molecule has 4 heteroatoms. The molecule has 1 aliphatic heterocycles. The van der Waals surface area contributed by atoms with Gasteiger partial charge in [-0.25, -0.2) is 8.42 Å². The third-order valence-corrected chi connectivity index (χ3v) is 7.61. The lowest BCUT2D eigenvalue weighted by Crippen LogP contribution is -2.43. The maximum Gasteiger partial charge on any atom is 0.154 e. The molecule has 2 saturated carbocycles. The molecule has 0 aromatic carbocycles. The quantitative estimate of drug-likeness (QED) is 0.844. The van der Waals surface area contributed by atoms with E-state index in [9.17, 15) is 8.42 Å². The standard InChI is InChI=1S/C15H27NO2S/c17-19(18)10-4-7-14(19)11-16-15(13-8-9-13)12-5-2-1-3-6-12/h12-16H,1-11H2/t14-,15-/m1/s1. The third-order valence-electron chi connectivity index (χ3n) is 5.33. The molecule has 3 nitrogen and oxygen atoms in total. The molecule has 0 aromatic rings. The van der Waals surface area contributed by atoms with Crippen molar-refractivity contribution in [3.63, 3.8) is 0 Å². The summed E-state index contributed by atoms with van der Waals surface area (Å²) in [6.45, 7) is 0.708. The summed E-state index contributed by atoms with van der Waals surface area (Å²) >= 11 is 0. The highest BCUT2D eigenvalue weighted by Crippen LogP contribution is 2.40. The van der Waals surface area contributed by atoms with E-state index < -0.39 is 9.84 Å². The third kappa shape index (κ3) is 3.33. The van der Waals surface area contributed by atoms with Gasteiger partial charge < -0.3 is 5.32 Å². The highest BCUT2D eigenvalue weighted by Gasteiger charge is 2.38. The topological polar surface area (TPSA) is 46.2 Å². The van der Waals surface area contributed by atoms with Gasteiger partial charge in [-0.15, -0.1) is 0 Å². The van der Waals surface area contributed by atoms with Crippen LogP contribution in [-0.2, 0) is 9.84 Å². The summed E-state index contributed by atoms with van der Waals surface area (Å²) < 4.78 is 23.8. The predicted molar refractivity (Wildman–Crippen MR) is 77.9 cm³/mol. The van der Waals surface area contributed by atoms with Gasteiger partial charge in [0.2, 0.25) is 0 Å². The van der Waals surface area contributed by atoms with Crippen LogP contribution in [0.2, 0.25) is 0 Å². The van der Waals surface area contributed by atoms with Crippen molar-refractivity contribution >= 4 is 9.84 Å². The van der Waals surface area contributed by atoms with E-state index in [0.29, 0.717) is 18.3 Å². The molecule has 2 aliphatic carbocycles. The molecule has 0 unspecified atom stereocenters. The summed E-state index contributed by atoms with van der Waals surface area (Å²) in [4.78, 5) is 0. The zero-order chi connectivity index (χ0) is 13.3. The van der Waals surface area contributed by atoms with Gasteiger partial charge in [-0.1, -0.05) is 19.3 Å². The van der Waals surface area contributed by atoms with Crippen LogP contribution in [0.5, 0.6) is 0 Å². The van der Waals surface area contributed by atoms with E-state index in [4.69, 9.17) is 0 Å². The lowest BCUT2D eigenvalue weighted by Gasteiger charge is -2.32. The maximum absolute atomic E-state index is 11.9. The van der Waals surface area contributed by atoms with Crippen LogP contribution < -0.4 is 5.32 Å². The summed E-state index contributed by atoms with van der Waals surface area (Å²) in [5, 5.41) is 3.57. The fourth-order valence-corrected chi connectivity index (χ4v) is 5.80. The SMILES string of the molecule is O=S1(=O)CCC[C@@H]1CN[C@H](C1CCCCC1)C1CC1. The van der Waals surface area contributed by atoms with Crippen molar-refractivity contribution in [3.8, 4) is 0 Å². The highest BCUT2D eigenvalue weighted by atomic mass is 32.2. The van der Waals surface area contributed by atoms with Gasteiger partial charge in [0, 0.05) is 12.6 Å². The van der Waals surface area contributed by atoms with Crippen LogP contribution in [0, 0.1) is 11.8 Å². The van der Waals surface area contributed by atoms with E-state index in [1.165, 1.54) is 44.9 Å². The van der Waals surface area contributed by atoms with Gasteiger partial charge in [-0.3, -0.25) is 0 Å². The van der Waals surface area contributed by atoms with Crippen LogP contribution in [0.15, 0.2) is 0 Å². The summed E-state index contributed by atoms with van der Waals surface area (Å²) in [7, 11) is -2.78. The minimum absolute atomic E-state index is 0.0997. The van der Waals surface area contributed by atoms with Crippen LogP contribution in [0.25, 0.3) is 0 Å². The molecule has 0 spiro atoms. The van der Waals surface area contributed by atoms with Gasteiger partial charge in [0.05, 0.1) is 11.0 Å². The molecular formula is C15H27NO2S. The van der Waals surface area contributed by atoms with Crippen molar-refractivity contribution in [2.75, 3.05) is 12.3 Å². The second-order valence-electron chi connectivity index (χ2n) is 6.80. The van der Waals surface area contributed by atoms with E-state index >= 15 is 0 Å². The van der Waals surface area contributed by atoms with Crippen LogP contribution in [-0.4, -0.2) is 32.0 Å². The average molecular weight is 285 g/mol. The Balaban J connectivity index is 1.56. The Bertz CT molecular complexity index is 396. The lowest BCUT2D eigenvalue weighted by molar-refractivity contribution is 0.247. The lowest BCUT2D eigenvalue weighted by atomic mass is 9.82. The molecule has 0 amide bonds. The number of hydrogen-bond acceptors (Lipinski definition) is 3. The molecule has 1 saturated heterocycles. The summed E-state index contributed by atoms with van der Waals surface area (Å²) in [5.74, 6) is 2.06. The van der Waals surface area contributed by atoms with Gasteiger partial charge in [-0.05, 0) is 50.4 Å². The minimum Gasteiger partial charge on any atom is -0.312 e. The molecule has 2 atom stereocenters. The van der Waals surface area contributed by atoms with Crippen LogP contribution in [0.4, 0.5) is 0 Å². The summed E-state index contributed by atoms with van der Waals surface area (Å²) in [5.41, 5.74) is 0. The van der Waals surface area contributed by atoms with E-state index in [-0.39, 0.29) is 5.25 Å². The molecule has 3 rings (SSSR count). The maximum atomic E-state index is 11.9. The number of sulfone groups is 1. The second-order valence-corrected chi connectivity index (χ2v) is 9.20. The van der Waals surface area contributed by atoms with E-state index in [2.05, 4.69) is 5.32 Å². The Morgan fingerprint density at radius 2 is 1.58 bits per heavy atom. The molecule has 3 aliphatic rings. The van der Waals surface area contributed by atoms with Crippen molar-refractivity contribution in [3.05, 3.63) is 0 Å². The van der Waals surface area contributed by atoms with Gasteiger partial charge in [0.25, 0.3) is 0 Å². The molecule has 0 aromatic heterocycles. The minimum atomic E-state index is -2.78. The first-order valence-corrected chi connectivity index (χ1v) is 9.83. The summed E-state index contributed by atoms with van der Waals surface area (Å²) in [6.07, 6.45) is 11.3. The van der Waals surface area contributed by atoms with Gasteiger partial charge in [0.1, 0.15) is 0 Å². The molecule has 0 bridgehead atoms. The van der Waals surface area contributed by atoms with E-state index in [0.717, 1.165) is 24.7 Å². The number of hydrogen-bond donors (Lipinski definition) is 1. The van der Waals surface area contributed by atoms with Gasteiger partial charge in [0.15, 0.2) is 9.84 Å². The number of nitrogens with one attached hydrogen (secondary N) is 1. The van der Waals surface area contributed by atoms with Crippen LogP contribution in [0.1, 0.15) is 57.8 Å². The van der Waals surface area contributed by atoms with Gasteiger partial charge in [-0.2, -0.15) is 0 Å². The highest BCUT2D eigenvalue weighted by molar-refractivity contribution is 7.92. The Morgan fingerprint density at radius 1 is 0.895 bits per heavy atom. The smallest absolute Gasteiger partial charge is 0.154 e. The zero-order valence-electron chi connectivity index (χ0n) is 11.8. The van der Waals surface area contributed by atoms with Crippen molar-refractivity contribution in [1.29, 1.82) is 0 Å². The Morgan fingerprint density at radius 3 is 2.16 bits per heavy atom. The van der Waals surface area contributed by atoms with Crippen LogP contribution >= 0.6 is 0 Å². The van der Waals surface area contributed by atoms with Crippen molar-refractivity contribution in [2.45, 2.75) is 69.1 Å². The zero-order valence-corrected chi connectivity index (χ0v) is 12.6. The van der Waals surface area contributed by atoms with Crippen molar-refractivity contribution in [2.24, 2.45) is 11.8 Å². The molecule has 19 heavy (non-hydrogen) atoms. The molecule has 110 valence electrons. The molecular weight excluding hydrogens is 258 g/mol. The predicted octanol–water partition coefficient (Wildman–Crippen LogP) is 2.51.